The predicted octanol–water partition coefficient (Wildman–Crippen LogP) is 1.42. The number of amides is 2. The second-order valence-corrected chi connectivity index (χ2v) is 5.26. The number of carbonyl (C=O) groups is 2. The lowest BCUT2D eigenvalue weighted by molar-refractivity contribution is -0.128. The largest absolute Gasteiger partial charge is 0.398 e. The van der Waals surface area contributed by atoms with Crippen LogP contribution in [0.15, 0.2) is 18.2 Å². The summed E-state index contributed by atoms with van der Waals surface area (Å²) in [7, 11) is 1.55. The number of benzene rings is 1. The van der Waals surface area contributed by atoms with Gasteiger partial charge in [-0.1, -0.05) is 17.7 Å². The number of hydrogen-bond donors (Lipinski definition) is 3. The normalized spacial score (nSPS) is 10.9. The van der Waals surface area contributed by atoms with Gasteiger partial charge < -0.3 is 16.4 Å². The van der Waals surface area contributed by atoms with Crippen molar-refractivity contribution in [3.8, 4) is 0 Å². The maximum Gasteiger partial charge on any atom is 0.254 e. The summed E-state index contributed by atoms with van der Waals surface area (Å²) in [6, 6.07) is 4.87. The standard InChI is InChI=1S/C13H18ClN3O2/c1-13(2,12(19)16-3)7-17-11(18)10-8(14)5-4-6-9(10)15/h4-6H,7,15H2,1-3H3,(H,16,19)(H,17,18). The highest BCUT2D eigenvalue weighted by Gasteiger charge is 2.27. The quantitative estimate of drug-likeness (QED) is 0.731. The van der Waals surface area contributed by atoms with Crippen LogP contribution in [0.5, 0.6) is 0 Å². The van der Waals surface area contributed by atoms with E-state index in [1.165, 1.54) is 0 Å². The number of halogens is 1. The monoisotopic (exact) mass is 283 g/mol. The minimum absolute atomic E-state index is 0.153. The highest BCUT2D eigenvalue weighted by atomic mass is 35.5. The molecule has 2 amide bonds. The third kappa shape index (κ3) is 3.61. The average molecular weight is 284 g/mol. The molecule has 0 aliphatic rings. The molecule has 0 saturated carbocycles. The first-order chi connectivity index (χ1) is 8.79. The van der Waals surface area contributed by atoms with Gasteiger partial charge in [-0.05, 0) is 26.0 Å². The van der Waals surface area contributed by atoms with E-state index in [0.29, 0.717) is 5.69 Å². The van der Waals surface area contributed by atoms with E-state index in [1.54, 1.807) is 39.1 Å². The van der Waals surface area contributed by atoms with Crippen LogP contribution in [-0.2, 0) is 4.79 Å². The summed E-state index contributed by atoms with van der Waals surface area (Å²) in [5, 5.41) is 5.51. The Morgan fingerprint density at radius 2 is 2.00 bits per heavy atom. The molecule has 6 heteroatoms. The fourth-order valence-corrected chi connectivity index (χ4v) is 1.86. The van der Waals surface area contributed by atoms with Crippen LogP contribution in [-0.4, -0.2) is 25.4 Å². The van der Waals surface area contributed by atoms with Gasteiger partial charge in [-0.2, -0.15) is 0 Å². The lowest BCUT2D eigenvalue weighted by atomic mass is 9.92. The van der Waals surface area contributed by atoms with E-state index in [-0.39, 0.29) is 28.9 Å². The van der Waals surface area contributed by atoms with Crippen LogP contribution < -0.4 is 16.4 Å². The number of hydrogen-bond acceptors (Lipinski definition) is 3. The topological polar surface area (TPSA) is 84.2 Å². The molecule has 0 unspecified atom stereocenters. The van der Waals surface area contributed by atoms with Gasteiger partial charge in [-0.15, -0.1) is 0 Å². The van der Waals surface area contributed by atoms with Crippen molar-refractivity contribution in [2.45, 2.75) is 13.8 Å². The van der Waals surface area contributed by atoms with Crippen molar-refractivity contribution in [3.05, 3.63) is 28.8 Å². The first-order valence-electron chi connectivity index (χ1n) is 5.84. The molecular formula is C13H18ClN3O2. The SMILES string of the molecule is CNC(=O)C(C)(C)CNC(=O)c1c(N)cccc1Cl. The van der Waals surface area contributed by atoms with Gasteiger partial charge in [0.1, 0.15) is 0 Å². The van der Waals surface area contributed by atoms with Crippen molar-refractivity contribution in [2.75, 3.05) is 19.3 Å². The molecule has 0 heterocycles. The molecule has 0 fully saturated rings. The zero-order valence-electron chi connectivity index (χ0n) is 11.2. The van der Waals surface area contributed by atoms with Crippen molar-refractivity contribution in [2.24, 2.45) is 5.41 Å². The maximum atomic E-state index is 12.0. The van der Waals surface area contributed by atoms with Crippen LogP contribution in [0.4, 0.5) is 5.69 Å². The number of nitrogens with two attached hydrogens (primary N) is 1. The van der Waals surface area contributed by atoms with Gasteiger partial charge in [0.15, 0.2) is 0 Å². The van der Waals surface area contributed by atoms with Gasteiger partial charge in [0.2, 0.25) is 5.91 Å². The number of rotatable bonds is 4. The molecule has 19 heavy (non-hydrogen) atoms. The molecular weight excluding hydrogens is 266 g/mol. The predicted molar refractivity (Wildman–Crippen MR) is 76.0 cm³/mol. The van der Waals surface area contributed by atoms with Crippen molar-refractivity contribution in [1.29, 1.82) is 0 Å². The fraction of sp³-hybridized carbons (Fsp3) is 0.385. The summed E-state index contributed by atoms with van der Waals surface area (Å²) >= 11 is 5.94. The lowest BCUT2D eigenvalue weighted by Crippen LogP contribution is -2.43. The third-order valence-electron chi connectivity index (χ3n) is 2.81. The molecule has 0 aliphatic carbocycles. The van der Waals surface area contributed by atoms with Crippen molar-refractivity contribution < 1.29 is 9.59 Å². The van der Waals surface area contributed by atoms with Gasteiger partial charge in [0.25, 0.3) is 5.91 Å². The third-order valence-corrected chi connectivity index (χ3v) is 3.12. The first-order valence-corrected chi connectivity index (χ1v) is 6.21. The maximum absolute atomic E-state index is 12.0. The molecule has 1 aromatic rings. The van der Waals surface area contributed by atoms with E-state index in [0.717, 1.165) is 0 Å². The molecule has 0 saturated heterocycles. The van der Waals surface area contributed by atoms with Gasteiger partial charge in [-0.3, -0.25) is 9.59 Å². The van der Waals surface area contributed by atoms with E-state index in [4.69, 9.17) is 17.3 Å². The molecule has 5 nitrogen and oxygen atoms in total. The van der Waals surface area contributed by atoms with Crippen LogP contribution in [0.2, 0.25) is 5.02 Å². The van der Waals surface area contributed by atoms with Crippen LogP contribution in [0.1, 0.15) is 24.2 Å². The van der Waals surface area contributed by atoms with Crippen LogP contribution >= 0.6 is 11.6 Å². The van der Waals surface area contributed by atoms with Crippen molar-refractivity contribution >= 4 is 29.1 Å². The van der Waals surface area contributed by atoms with Crippen molar-refractivity contribution in [3.63, 3.8) is 0 Å². The Labute approximate surface area is 117 Å². The highest BCUT2D eigenvalue weighted by molar-refractivity contribution is 6.34. The number of nitrogen functional groups attached to an aromatic ring is 1. The van der Waals surface area contributed by atoms with Crippen LogP contribution in [0.25, 0.3) is 0 Å². The van der Waals surface area contributed by atoms with Crippen LogP contribution in [0, 0.1) is 5.41 Å². The van der Waals surface area contributed by atoms with Crippen LogP contribution in [0.3, 0.4) is 0 Å². The van der Waals surface area contributed by atoms with Gasteiger partial charge in [0, 0.05) is 19.3 Å². The Morgan fingerprint density at radius 1 is 1.37 bits per heavy atom. The second-order valence-electron chi connectivity index (χ2n) is 4.85. The lowest BCUT2D eigenvalue weighted by Gasteiger charge is -2.23. The smallest absolute Gasteiger partial charge is 0.254 e. The minimum atomic E-state index is -0.708. The summed E-state index contributed by atoms with van der Waals surface area (Å²) < 4.78 is 0. The fourth-order valence-electron chi connectivity index (χ4n) is 1.59. The Balaban J connectivity index is 2.79. The molecule has 0 spiro atoms. The van der Waals surface area contributed by atoms with E-state index in [1.807, 2.05) is 0 Å². The van der Waals surface area contributed by atoms with Gasteiger partial charge in [0.05, 0.1) is 16.0 Å². The summed E-state index contributed by atoms with van der Waals surface area (Å²) in [6.07, 6.45) is 0. The van der Waals surface area contributed by atoms with E-state index in [9.17, 15) is 9.59 Å². The van der Waals surface area contributed by atoms with Gasteiger partial charge >= 0.3 is 0 Å². The Hall–Kier alpha value is -1.75. The molecule has 4 N–H and O–H groups in total. The molecule has 0 aromatic heterocycles. The molecule has 0 radical (unpaired) electrons. The molecule has 1 aromatic carbocycles. The summed E-state index contributed by atoms with van der Waals surface area (Å²) in [5.41, 5.74) is 5.56. The Morgan fingerprint density at radius 3 is 2.53 bits per heavy atom. The summed E-state index contributed by atoms with van der Waals surface area (Å²) in [5.74, 6) is -0.542. The summed E-state index contributed by atoms with van der Waals surface area (Å²) in [4.78, 5) is 23.6. The first kappa shape index (κ1) is 15.3. The van der Waals surface area contributed by atoms with E-state index >= 15 is 0 Å². The molecule has 1 rings (SSSR count). The highest BCUT2D eigenvalue weighted by Crippen LogP contribution is 2.22. The number of carbonyl (C=O) groups excluding carboxylic acids is 2. The zero-order valence-corrected chi connectivity index (χ0v) is 12.0. The van der Waals surface area contributed by atoms with Gasteiger partial charge in [-0.25, -0.2) is 0 Å². The zero-order chi connectivity index (χ0) is 14.6. The molecule has 0 aliphatic heterocycles. The van der Waals surface area contributed by atoms with Crippen molar-refractivity contribution in [1.82, 2.24) is 10.6 Å². The van der Waals surface area contributed by atoms with E-state index in [2.05, 4.69) is 10.6 Å². The molecule has 0 atom stereocenters. The van der Waals surface area contributed by atoms with E-state index < -0.39 is 5.41 Å². The molecule has 104 valence electrons. The molecule has 0 bridgehead atoms. The second kappa shape index (κ2) is 5.93. The Bertz CT molecular complexity index is 480. The Kier molecular flexibility index (Phi) is 4.78. The number of nitrogens with one attached hydrogen (secondary N) is 2. The average Bonchev–Trinajstić information content (AvgIpc) is 2.35. The minimum Gasteiger partial charge on any atom is -0.398 e. The summed E-state index contributed by atoms with van der Waals surface area (Å²) in [6.45, 7) is 3.67. The number of anilines is 1.